The van der Waals surface area contributed by atoms with Crippen molar-refractivity contribution >= 4 is 22.6 Å². The van der Waals surface area contributed by atoms with Crippen LogP contribution in [0, 0.1) is 5.92 Å². The first-order valence-corrected chi connectivity index (χ1v) is 6.63. The number of carbonyl (C=O) groups excluding carboxylic acids is 2. The highest BCUT2D eigenvalue weighted by Crippen LogP contribution is 2.25. The molecule has 0 aromatic heterocycles. The third-order valence-corrected chi connectivity index (χ3v) is 3.32. The number of hydrogen-bond acceptors (Lipinski definition) is 4. The molecule has 0 heterocycles. The molecule has 0 saturated carbocycles. The topological polar surface area (TPSA) is 89.5 Å². The zero-order valence-electron chi connectivity index (χ0n) is 11.8. The van der Waals surface area contributed by atoms with E-state index >= 15 is 0 Å². The lowest BCUT2D eigenvalue weighted by atomic mass is 10.0. The second-order valence-electron chi connectivity index (χ2n) is 5.23. The first-order valence-electron chi connectivity index (χ1n) is 6.63. The van der Waals surface area contributed by atoms with Crippen molar-refractivity contribution in [3.63, 3.8) is 0 Å². The highest BCUT2D eigenvalue weighted by molar-refractivity contribution is 6.02. The number of benzene rings is 2. The van der Waals surface area contributed by atoms with Gasteiger partial charge in [0.05, 0.1) is 17.6 Å². The van der Waals surface area contributed by atoms with Gasteiger partial charge in [-0.2, -0.15) is 0 Å². The van der Waals surface area contributed by atoms with Crippen LogP contribution in [-0.4, -0.2) is 23.0 Å². The van der Waals surface area contributed by atoms with Gasteiger partial charge in [-0.25, -0.2) is 0 Å². The maximum absolute atomic E-state index is 12.2. The summed E-state index contributed by atoms with van der Waals surface area (Å²) in [5, 5.41) is 24.9. The van der Waals surface area contributed by atoms with Crippen LogP contribution in [0.1, 0.15) is 24.2 Å². The van der Waals surface area contributed by atoms with Crippen LogP contribution in [0.25, 0.3) is 10.8 Å². The Bertz CT molecular complexity index is 694. The molecule has 0 radical (unpaired) electrons. The number of phenols is 1. The van der Waals surface area contributed by atoms with E-state index in [0.29, 0.717) is 0 Å². The van der Waals surface area contributed by atoms with Crippen LogP contribution >= 0.6 is 0 Å². The minimum Gasteiger partial charge on any atom is -0.548 e. The normalized spacial score (nSPS) is 12.3. The first kappa shape index (κ1) is 14.8. The van der Waals surface area contributed by atoms with Crippen molar-refractivity contribution in [2.24, 2.45) is 5.92 Å². The van der Waals surface area contributed by atoms with E-state index in [1.807, 2.05) is 24.3 Å². The van der Waals surface area contributed by atoms with Gasteiger partial charge in [-0.15, -0.1) is 0 Å². The van der Waals surface area contributed by atoms with Crippen LogP contribution in [0.15, 0.2) is 36.4 Å². The molecule has 0 fully saturated rings. The van der Waals surface area contributed by atoms with Gasteiger partial charge in [-0.3, -0.25) is 4.79 Å². The maximum atomic E-state index is 12.2. The number of rotatable bonds is 4. The average Bonchev–Trinajstić information content (AvgIpc) is 2.43. The summed E-state index contributed by atoms with van der Waals surface area (Å²) in [4.78, 5) is 23.2. The summed E-state index contributed by atoms with van der Waals surface area (Å²) in [6.45, 7) is 3.34. The molecule has 0 aliphatic carbocycles. The van der Waals surface area contributed by atoms with Crippen LogP contribution in [0.2, 0.25) is 0 Å². The first-order chi connectivity index (χ1) is 9.90. The van der Waals surface area contributed by atoms with Crippen molar-refractivity contribution in [2.75, 3.05) is 0 Å². The lowest BCUT2D eigenvalue weighted by Gasteiger charge is -2.23. The van der Waals surface area contributed by atoms with E-state index < -0.39 is 17.9 Å². The molecule has 1 amide bonds. The molecule has 110 valence electrons. The summed E-state index contributed by atoms with van der Waals surface area (Å²) in [6.07, 6.45) is 0. The van der Waals surface area contributed by atoms with Gasteiger partial charge in [0.2, 0.25) is 0 Å². The lowest BCUT2D eigenvalue weighted by Crippen LogP contribution is -2.50. The Labute approximate surface area is 122 Å². The quantitative estimate of drug-likeness (QED) is 0.879. The van der Waals surface area contributed by atoms with Crippen LogP contribution in [0.3, 0.4) is 0 Å². The predicted octanol–water partition coefficient (Wildman–Crippen LogP) is 1.05. The molecular formula is C16H16NO4-. The standard InChI is InChI=1S/C16H17NO4/c1-9(2)14(16(20)21)17-15(19)12-7-10-5-3-4-6-11(10)8-13(12)18/h3-9,14,18H,1-2H3,(H,17,19)(H,20,21)/p-1. The third-order valence-electron chi connectivity index (χ3n) is 3.32. The predicted molar refractivity (Wildman–Crippen MR) is 76.7 cm³/mol. The van der Waals surface area contributed by atoms with E-state index in [2.05, 4.69) is 5.32 Å². The summed E-state index contributed by atoms with van der Waals surface area (Å²) >= 11 is 0. The van der Waals surface area contributed by atoms with Gasteiger partial charge < -0.3 is 20.3 Å². The largest absolute Gasteiger partial charge is 0.548 e. The Kier molecular flexibility index (Phi) is 4.12. The summed E-state index contributed by atoms with van der Waals surface area (Å²) in [5.74, 6) is -2.49. The van der Waals surface area contributed by atoms with Crippen LogP contribution in [-0.2, 0) is 4.79 Å². The fourth-order valence-electron chi connectivity index (χ4n) is 2.13. The molecule has 1 unspecified atom stereocenters. The third kappa shape index (κ3) is 3.13. The average molecular weight is 286 g/mol. The fraction of sp³-hybridized carbons (Fsp3) is 0.250. The highest BCUT2D eigenvalue weighted by atomic mass is 16.4. The minimum atomic E-state index is -1.35. The zero-order chi connectivity index (χ0) is 15.6. The molecule has 2 aromatic rings. The van der Waals surface area contributed by atoms with E-state index in [1.165, 1.54) is 12.1 Å². The molecule has 0 spiro atoms. The number of aromatic hydroxyl groups is 1. The lowest BCUT2D eigenvalue weighted by molar-refractivity contribution is -0.309. The molecule has 5 heteroatoms. The molecule has 0 bridgehead atoms. The van der Waals surface area contributed by atoms with E-state index in [4.69, 9.17) is 0 Å². The van der Waals surface area contributed by atoms with Crippen LogP contribution in [0.4, 0.5) is 0 Å². The molecule has 0 aliphatic rings. The number of amides is 1. The van der Waals surface area contributed by atoms with Gasteiger partial charge >= 0.3 is 0 Å². The molecule has 0 saturated heterocycles. The van der Waals surface area contributed by atoms with Crippen molar-refractivity contribution in [1.82, 2.24) is 5.32 Å². The van der Waals surface area contributed by atoms with Gasteiger partial charge in [0, 0.05) is 0 Å². The maximum Gasteiger partial charge on any atom is 0.255 e. The summed E-state index contributed by atoms with van der Waals surface area (Å²) in [5.41, 5.74) is 0.0422. The number of carboxylic acid groups (broad SMARTS) is 1. The van der Waals surface area contributed by atoms with Crippen LogP contribution < -0.4 is 10.4 Å². The summed E-state index contributed by atoms with van der Waals surface area (Å²) in [7, 11) is 0. The Balaban J connectivity index is 2.34. The van der Waals surface area contributed by atoms with Gasteiger partial charge in [0.25, 0.3) is 5.91 Å². The van der Waals surface area contributed by atoms with Crippen molar-refractivity contribution in [3.05, 3.63) is 42.0 Å². The smallest absolute Gasteiger partial charge is 0.255 e. The Morgan fingerprint density at radius 2 is 1.71 bits per heavy atom. The van der Waals surface area contributed by atoms with E-state index in [1.54, 1.807) is 13.8 Å². The number of nitrogens with one attached hydrogen (secondary N) is 1. The van der Waals surface area contributed by atoms with Gasteiger partial charge in [0.1, 0.15) is 5.75 Å². The number of fused-ring (bicyclic) bond motifs is 1. The number of hydrogen-bond donors (Lipinski definition) is 2. The molecule has 2 N–H and O–H groups in total. The fourth-order valence-corrected chi connectivity index (χ4v) is 2.13. The molecule has 0 aliphatic heterocycles. The van der Waals surface area contributed by atoms with Crippen molar-refractivity contribution < 1.29 is 19.8 Å². The number of phenolic OH excluding ortho intramolecular Hbond substituents is 1. The SMILES string of the molecule is CC(C)C(NC(=O)c1cc2ccccc2cc1O)C(=O)[O-]. The van der Waals surface area contributed by atoms with E-state index in [-0.39, 0.29) is 17.2 Å². The minimum absolute atomic E-state index is 0.0422. The summed E-state index contributed by atoms with van der Waals surface area (Å²) < 4.78 is 0. The number of aliphatic carboxylic acids is 1. The number of carbonyl (C=O) groups is 2. The molecular weight excluding hydrogens is 270 g/mol. The molecule has 21 heavy (non-hydrogen) atoms. The second kappa shape index (κ2) is 5.83. The number of carboxylic acids is 1. The van der Waals surface area contributed by atoms with Gasteiger partial charge in [0.15, 0.2) is 0 Å². The van der Waals surface area contributed by atoms with Gasteiger partial charge in [-0.1, -0.05) is 38.1 Å². The summed E-state index contributed by atoms with van der Waals surface area (Å²) in [6, 6.07) is 9.17. The van der Waals surface area contributed by atoms with Gasteiger partial charge in [-0.05, 0) is 28.8 Å². The second-order valence-corrected chi connectivity index (χ2v) is 5.23. The van der Waals surface area contributed by atoms with Crippen molar-refractivity contribution in [1.29, 1.82) is 0 Å². The highest BCUT2D eigenvalue weighted by Gasteiger charge is 2.20. The van der Waals surface area contributed by atoms with Crippen molar-refractivity contribution in [3.8, 4) is 5.75 Å². The molecule has 1 atom stereocenters. The monoisotopic (exact) mass is 286 g/mol. The molecule has 5 nitrogen and oxygen atoms in total. The van der Waals surface area contributed by atoms with Crippen molar-refractivity contribution in [2.45, 2.75) is 19.9 Å². The zero-order valence-corrected chi connectivity index (χ0v) is 11.8. The Hall–Kier alpha value is -2.56. The van der Waals surface area contributed by atoms with E-state index in [9.17, 15) is 19.8 Å². The molecule has 2 aromatic carbocycles. The molecule has 2 rings (SSSR count). The van der Waals surface area contributed by atoms with Crippen LogP contribution in [0.5, 0.6) is 5.75 Å². The Morgan fingerprint density at radius 3 is 2.24 bits per heavy atom. The van der Waals surface area contributed by atoms with E-state index in [0.717, 1.165) is 10.8 Å². The Morgan fingerprint density at radius 1 is 1.14 bits per heavy atom.